The van der Waals surface area contributed by atoms with Crippen molar-refractivity contribution in [2.75, 3.05) is 49.2 Å². The molecule has 0 aliphatic carbocycles. The van der Waals surface area contributed by atoms with Crippen molar-refractivity contribution >= 4 is 23.2 Å². The van der Waals surface area contributed by atoms with Crippen molar-refractivity contribution in [1.29, 1.82) is 0 Å². The van der Waals surface area contributed by atoms with Gasteiger partial charge in [-0.15, -0.1) is 0 Å². The van der Waals surface area contributed by atoms with Gasteiger partial charge in [-0.1, -0.05) is 6.07 Å². The molecule has 10 heteroatoms. The van der Waals surface area contributed by atoms with Crippen LogP contribution in [0.25, 0.3) is 11.1 Å². The van der Waals surface area contributed by atoms with Crippen LogP contribution in [0.1, 0.15) is 21.5 Å². The predicted octanol–water partition coefficient (Wildman–Crippen LogP) is 4.06. The minimum Gasteiger partial charge on any atom is -0.369 e. The number of carbonyl (C=O) groups excluding carboxylic acids is 1. The lowest BCUT2D eigenvalue weighted by molar-refractivity contribution is -0.137. The van der Waals surface area contributed by atoms with Gasteiger partial charge in [0, 0.05) is 61.1 Å². The van der Waals surface area contributed by atoms with Crippen molar-refractivity contribution in [1.82, 2.24) is 14.9 Å². The van der Waals surface area contributed by atoms with E-state index in [1.165, 1.54) is 0 Å². The number of nitrogens with one attached hydrogen (secondary N) is 1. The van der Waals surface area contributed by atoms with Gasteiger partial charge in [-0.3, -0.25) is 4.79 Å². The molecule has 2 aromatic carbocycles. The van der Waals surface area contributed by atoms with Crippen molar-refractivity contribution in [3.05, 3.63) is 65.5 Å². The van der Waals surface area contributed by atoms with Gasteiger partial charge < -0.3 is 20.9 Å². The van der Waals surface area contributed by atoms with Crippen LogP contribution in [-0.4, -0.2) is 54.0 Å². The Kier molecular flexibility index (Phi) is 6.43. The maximum Gasteiger partial charge on any atom is 0.416 e. The molecule has 7 nitrogen and oxygen atoms in total. The first-order valence-electron chi connectivity index (χ1n) is 10.8. The molecule has 2 heterocycles. The molecule has 0 bridgehead atoms. The van der Waals surface area contributed by atoms with Gasteiger partial charge in [-0.25, -0.2) is 9.97 Å². The monoisotopic (exact) mass is 470 g/mol. The Morgan fingerprint density at radius 2 is 1.71 bits per heavy atom. The van der Waals surface area contributed by atoms with E-state index in [2.05, 4.69) is 20.2 Å². The minimum atomic E-state index is -4.53. The topological polar surface area (TPSA) is 87.4 Å². The van der Waals surface area contributed by atoms with Gasteiger partial charge in [-0.05, 0) is 55.4 Å². The third-order valence-electron chi connectivity index (χ3n) is 5.85. The number of halogens is 3. The fraction of sp³-hybridized carbons (Fsp3) is 0.292. The molecule has 178 valence electrons. The van der Waals surface area contributed by atoms with Crippen molar-refractivity contribution < 1.29 is 18.0 Å². The largest absolute Gasteiger partial charge is 0.416 e. The molecular weight excluding hydrogens is 445 g/mol. The highest BCUT2D eigenvalue weighted by molar-refractivity contribution is 6.05. The average molecular weight is 470 g/mol. The number of nitrogen functional groups attached to an aromatic ring is 1. The van der Waals surface area contributed by atoms with E-state index >= 15 is 0 Å². The number of rotatable bonds is 4. The zero-order chi connectivity index (χ0) is 24.5. The summed E-state index contributed by atoms with van der Waals surface area (Å²) in [4.78, 5) is 25.0. The summed E-state index contributed by atoms with van der Waals surface area (Å²) in [5, 5.41) is 2.64. The molecule has 1 fully saturated rings. The molecule has 1 aromatic heterocycles. The van der Waals surface area contributed by atoms with E-state index in [9.17, 15) is 18.0 Å². The van der Waals surface area contributed by atoms with Crippen molar-refractivity contribution in [2.45, 2.75) is 13.1 Å². The summed E-state index contributed by atoms with van der Waals surface area (Å²) in [6.45, 7) is 4.59. The van der Waals surface area contributed by atoms with Crippen LogP contribution in [-0.2, 0) is 6.18 Å². The second-order valence-corrected chi connectivity index (χ2v) is 8.37. The molecule has 1 amide bonds. The fourth-order valence-electron chi connectivity index (χ4n) is 3.85. The Bertz CT molecular complexity index is 1190. The van der Waals surface area contributed by atoms with Gasteiger partial charge in [0.1, 0.15) is 0 Å². The van der Waals surface area contributed by atoms with Crippen LogP contribution >= 0.6 is 0 Å². The molecule has 0 atom stereocenters. The van der Waals surface area contributed by atoms with Crippen LogP contribution in [0.2, 0.25) is 0 Å². The zero-order valence-corrected chi connectivity index (χ0v) is 18.9. The summed E-state index contributed by atoms with van der Waals surface area (Å²) in [7, 11) is 1.97. The number of aromatic nitrogens is 2. The van der Waals surface area contributed by atoms with Crippen LogP contribution < -0.4 is 16.0 Å². The maximum atomic E-state index is 13.6. The summed E-state index contributed by atoms with van der Waals surface area (Å²) < 4.78 is 40.8. The van der Waals surface area contributed by atoms with Gasteiger partial charge in [0.05, 0.1) is 5.56 Å². The van der Waals surface area contributed by atoms with E-state index < -0.39 is 17.6 Å². The SMILES string of the molecule is Cc1ccc(C(=O)Nc2cc(N3CCN(C)CC3)cc(C(F)(F)F)c2)cc1-c1cnc(N)nc1. The summed E-state index contributed by atoms with van der Waals surface area (Å²) in [6.07, 6.45) is -1.42. The third kappa shape index (κ3) is 5.28. The smallest absolute Gasteiger partial charge is 0.369 e. The van der Waals surface area contributed by atoms with E-state index in [4.69, 9.17) is 5.73 Å². The average Bonchev–Trinajstić information content (AvgIpc) is 2.79. The molecule has 4 rings (SSSR count). The summed E-state index contributed by atoms with van der Waals surface area (Å²) in [5.74, 6) is -0.378. The Morgan fingerprint density at radius 1 is 1.03 bits per heavy atom. The standard InChI is InChI=1S/C24H25F3N6O/c1-15-3-4-16(9-21(15)17-13-29-23(28)30-14-17)22(34)31-19-10-18(24(25,26)27)11-20(12-19)33-7-5-32(2)6-8-33/h3-4,9-14H,5-8H2,1-2H3,(H,31,34)(H2,28,29,30). The molecule has 0 radical (unpaired) electrons. The maximum absolute atomic E-state index is 13.6. The third-order valence-corrected chi connectivity index (χ3v) is 5.85. The van der Waals surface area contributed by atoms with E-state index in [0.29, 0.717) is 29.9 Å². The first-order chi connectivity index (χ1) is 16.1. The number of piperazine rings is 1. The Hall–Kier alpha value is -3.66. The lowest BCUT2D eigenvalue weighted by Gasteiger charge is -2.34. The van der Waals surface area contributed by atoms with E-state index in [1.54, 1.807) is 36.7 Å². The summed E-state index contributed by atoms with van der Waals surface area (Å²) in [6, 6.07) is 8.73. The highest BCUT2D eigenvalue weighted by Crippen LogP contribution is 2.35. The van der Waals surface area contributed by atoms with Crippen LogP contribution in [0.5, 0.6) is 0 Å². The molecule has 0 spiro atoms. The van der Waals surface area contributed by atoms with Crippen LogP contribution in [0.15, 0.2) is 48.8 Å². The number of carbonyl (C=O) groups is 1. The lowest BCUT2D eigenvalue weighted by Crippen LogP contribution is -2.44. The number of hydrogen-bond acceptors (Lipinski definition) is 6. The van der Waals surface area contributed by atoms with Crippen LogP contribution in [0.4, 0.5) is 30.5 Å². The van der Waals surface area contributed by atoms with Gasteiger partial charge in [0.2, 0.25) is 5.95 Å². The van der Waals surface area contributed by atoms with Crippen molar-refractivity contribution in [2.24, 2.45) is 0 Å². The van der Waals surface area contributed by atoms with Gasteiger partial charge in [0.25, 0.3) is 5.91 Å². The highest BCUT2D eigenvalue weighted by atomic mass is 19.4. The van der Waals surface area contributed by atoms with Crippen molar-refractivity contribution in [3.63, 3.8) is 0 Å². The number of benzene rings is 2. The number of anilines is 3. The highest BCUT2D eigenvalue weighted by Gasteiger charge is 2.32. The van der Waals surface area contributed by atoms with Crippen LogP contribution in [0, 0.1) is 6.92 Å². The van der Waals surface area contributed by atoms with Crippen LogP contribution in [0.3, 0.4) is 0 Å². The fourth-order valence-corrected chi connectivity index (χ4v) is 3.85. The number of alkyl halides is 3. The molecule has 1 aliphatic heterocycles. The first-order valence-corrected chi connectivity index (χ1v) is 10.8. The summed E-state index contributed by atoms with van der Waals surface area (Å²) in [5.41, 5.74) is 7.87. The van der Waals surface area contributed by atoms with E-state index in [-0.39, 0.29) is 11.6 Å². The number of hydrogen-bond donors (Lipinski definition) is 2. The molecule has 34 heavy (non-hydrogen) atoms. The number of amides is 1. The van der Waals surface area contributed by atoms with E-state index in [0.717, 1.165) is 36.3 Å². The Balaban J connectivity index is 1.63. The zero-order valence-electron chi connectivity index (χ0n) is 18.9. The normalized spacial score (nSPS) is 14.8. The Morgan fingerprint density at radius 3 is 2.35 bits per heavy atom. The number of nitrogens with zero attached hydrogens (tertiary/aromatic N) is 4. The number of aryl methyl sites for hydroxylation is 1. The number of nitrogens with two attached hydrogens (primary N) is 1. The molecular formula is C24H25F3N6O. The first kappa shape index (κ1) is 23.5. The van der Waals surface area contributed by atoms with Gasteiger partial charge >= 0.3 is 6.18 Å². The predicted molar refractivity (Wildman–Crippen MR) is 126 cm³/mol. The van der Waals surface area contributed by atoms with E-state index in [1.807, 2.05) is 18.9 Å². The Labute approximate surface area is 195 Å². The number of likely N-dealkylation sites (N-methyl/N-ethyl adjacent to an activating group) is 1. The molecule has 1 aliphatic rings. The van der Waals surface area contributed by atoms with Gasteiger partial charge in [-0.2, -0.15) is 13.2 Å². The molecule has 3 N–H and O–H groups in total. The molecule has 0 unspecified atom stereocenters. The van der Waals surface area contributed by atoms with Crippen molar-refractivity contribution in [3.8, 4) is 11.1 Å². The molecule has 3 aromatic rings. The molecule has 1 saturated heterocycles. The second kappa shape index (κ2) is 9.30. The minimum absolute atomic E-state index is 0.0895. The lowest BCUT2D eigenvalue weighted by atomic mass is 10.00. The second-order valence-electron chi connectivity index (χ2n) is 8.37. The quantitative estimate of drug-likeness (QED) is 0.598. The molecule has 0 saturated carbocycles. The summed E-state index contributed by atoms with van der Waals surface area (Å²) >= 11 is 0. The van der Waals surface area contributed by atoms with Gasteiger partial charge in [0.15, 0.2) is 0 Å².